The van der Waals surface area contributed by atoms with Crippen LogP contribution in [0.3, 0.4) is 0 Å². The Morgan fingerprint density at radius 3 is 2.76 bits per heavy atom. The minimum atomic E-state index is 0.278. The molecule has 0 unspecified atom stereocenters. The van der Waals surface area contributed by atoms with Gasteiger partial charge in [0.05, 0.1) is 11.9 Å². The van der Waals surface area contributed by atoms with Crippen molar-refractivity contribution in [2.45, 2.75) is 27.2 Å². The van der Waals surface area contributed by atoms with Gasteiger partial charge in [-0.25, -0.2) is 4.68 Å². The van der Waals surface area contributed by atoms with E-state index in [0.717, 1.165) is 17.8 Å². The second kappa shape index (κ2) is 4.62. The van der Waals surface area contributed by atoms with Crippen molar-refractivity contribution in [2.75, 3.05) is 0 Å². The number of aryl methyl sites for hydroxylation is 1. The van der Waals surface area contributed by atoms with Gasteiger partial charge in [0.15, 0.2) is 5.75 Å². The summed E-state index contributed by atoms with van der Waals surface area (Å²) in [5.74, 6) is 0.766. The van der Waals surface area contributed by atoms with E-state index < -0.39 is 0 Å². The van der Waals surface area contributed by atoms with Gasteiger partial charge in [0.2, 0.25) is 0 Å². The van der Waals surface area contributed by atoms with Crippen LogP contribution in [0.2, 0.25) is 0 Å². The van der Waals surface area contributed by atoms with Crippen molar-refractivity contribution < 1.29 is 5.11 Å². The number of aromatic hydroxyl groups is 1. The van der Waals surface area contributed by atoms with Crippen molar-refractivity contribution in [3.8, 4) is 11.4 Å². The van der Waals surface area contributed by atoms with Gasteiger partial charge in [-0.15, -0.1) is 0 Å². The Hall–Kier alpha value is -1.77. The van der Waals surface area contributed by atoms with Crippen molar-refractivity contribution >= 4 is 0 Å². The van der Waals surface area contributed by atoms with Gasteiger partial charge in [-0.3, -0.25) is 0 Å². The van der Waals surface area contributed by atoms with Crippen molar-refractivity contribution in [1.82, 2.24) is 9.78 Å². The fourth-order valence-corrected chi connectivity index (χ4v) is 1.84. The van der Waals surface area contributed by atoms with Crippen LogP contribution in [0.5, 0.6) is 5.75 Å². The highest BCUT2D eigenvalue weighted by molar-refractivity contribution is 5.37. The normalized spacial score (nSPS) is 11.1. The third kappa shape index (κ3) is 2.67. The molecular weight excluding hydrogens is 212 g/mol. The Morgan fingerprint density at radius 1 is 1.35 bits per heavy atom. The molecule has 3 nitrogen and oxygen atoms in total. The lowest BCUT2D eigenvalue weighted by molar-refractivity contribution is 0.462. The summed E-state index contributed by atoms with van der Waals surface area (Å²) in [7, 11) is 0. The molecule has 1 aromatic carbocycles. The standard InChI is InChI=1S/C14H18N2O/c1-10(2)7-13-14(17)9-16(15-13)12-6-4-5-11(3)8-12/h4-6,8-10,17H,7H2,1-3H3. The molecule has 90 valence electrons. The second-order valence-electron chi connectivity index (χ2n) is 4.84. The van der Waals surface area contributed by atoms with Crippen LogP contribution in [-0.2, 0) is 6.42 Å². The fourth-order valence-electron chi connectivity index (χ4n) is 1.84. The third-order valence-electron chi connectivity index (χ3n) is 2.64. The monoisotopic (exact) mass is 230 g/mol. The predicted molar refractivity (Wildman–Crippen MR) is 68.5 cm³/mol. The highest BCUT2D eigenvalue weighted by atomic mass is 16.3. The van der Waals surface area contributed by atoms with Crippen LogP contribution in [0.25, 0.3) is 5.69 Å². The van der Waals surface area contributed by atoms with Gasteiger partial charge in [-0.2, -0.15) is 5.10 Å². The quantitative estimate of drug-likeness (QED) is 0.880. The Labute approximate surface area is 102 Å². The smallest absolute Gasteiger partial charge is 0.157 e. The lowest BCUT2D eigenvalue weighted by Crippen LogP contribution is -1.99. The van der Waals surface area contributed by atoms with Gasteiger partial charge in [0.25, 0.3) is 0 Å². The van der Waals surface area contributed by atoms with E-state index in [-0.39, 0.29) is 5.75 Å². The summed E-state index contributed by atoms with van der Waals surface area (Å²) in [5.41, 5.74) is 2.93. The van der Waals surface area contributed by atoms with Crippen molar-refractivity contribution in [2.24, 2.45) is 5.92 Å². The number of hydrogen-bond donors (Lipinski definition) is 1. The maximum absolute atomic E-state index is 9.83. The molecule has 3 heteroatoms. The molecule has 0 aliphatic rings. The molecule has 1 heterocycles. The summed E-state index contributed by atoms with van der Waals surface area (Å²) < 4.78 is 1.74. The second-order valence-corrected chi connectivity index (χ2v) is 4.84. The third-order valence-corrected chi connectivity index (χ3v) is 2.64. The summed E-state index contributed by atoms with van der Waals surface area (Å²) in [5, 5.41) is 14.3. The predicted octanol–water partition coefficient (Wildman–Crippen LogP) is 3.08. The molecule has 0 fully saturated rings. The van der Waals surface area contributed by atoms with Crippen molar-refractivity contribution in [3.63, 3.8) is 0 Å². The molecule has 17 heavy (non-hydrogen) atoms. The lowest BCUT2D eigenvalue weighted by atomic mass is 10.1. The first-order chi connectivity index (χ1) is 8.06. The molecule has 0 saturated carbocycles. The molecule has 0 spiro atoms. The lowest BCUT2D eigenvalue weighted by Gasteiger charge is -2.02. The van der Waals surface area contributed by atoms with Gasteiger partial charge < -0.3 is 5.11 Å². The van der Waals surface area contributed by atoms with Gasteiger partial charge in [0.1, 0.15) is 5.69 Å². The number of rotatable bonds is 3. The van der Waals surface area contributed by atoms with Crippen LogP contribution in [0.15, 0.2) is 30.5 Å². The molecule has 2 rings (SSSR count). The summed E-state index contributed by atoms with van der Waals surface area (Å²) in [6.07, 6.45) is 2.47. The highest BCUT2D eigenvalue weighted by Gasteiger charge is 2.10. The van der Waals surface area contributed by atoms with E-state index in [9.17, 15) is 5.11 Å². The zero-order chi connectivity index (χ0) is 12.4. The molecule has 0 aliphatic carbocycles. The molecule has 2 aromatic rings. The van der Waals surface area contributed by atoms with E-state index in [1.165, 1.54) is 5.56 Å². The molecule has 0 atom stereocenters. The average molecular weight is 230 g/mol. The van der Waals surface area contributed by atoms with Crippen LogP contribution in [-0.4, -0.2) is 14.9 Å². The number of aromatic nitrogens is 2. The van der Waals surface area contributed by atoms with Crippen LogP contribution < -0.4 is 0 Å². The van der Waals surface area contributed by atoms with E-state index in [2.05, 4.69) is 18.9 Å². The van der Waals surface area contributed by atoms with Crippen LogP contribution in [0.4, 0.5) is 0 Å². The summed E-state index contributed by atoms with van der Waals surface area (Å²) in [6.45, 7) is 6.28. The topological polar surface area (TPSA) is 38.0 Å². The first-order valence-corrected chi connectivity index (χ1v) is 5.91. The zero-order valence-corrected chi connectivity index (χ0v) is 10.5. The largest absolute Gasteiger partial charge is 0.504 e. The minimum absolute atomic E-state index is 0.278. The molecule has 0 amide bonds. The molecule has 0 bridgehead atoms. The SMILES string of the molecule is Cc1cccc(-n2cc(O)c(CC(C)C)n2)c1. The fraction of sp³-hybridized carbons (Fsp3) is 0.357. The van der Waals surface area contributed by atoms with Crippen molar-refractivity contribution in [1.29, 1.82) is 0 Å². The molecule has 1 aromatic heterocycles. The summed E-state index contributed by atoms with van der Waals surface area (Å²) >= 11 is 0. The van der Waals surface area contributed by atoms with Crippen molar-refractivity contribution in [3.05, 3.63) is 41.7 Å². The Balaban J connectivity index is 2.34. The maximum Gasteiger partial charge on any atom is 0.157 e. The first kappa shape index (κ1) is 11.7. The number of hydrogen-bond acceptors (Lipinski definition) is 2. The number of benzene rings is 1. The van der Waals surface area contributed by atoms with E-state index in [1.54, 1.807) is 10.9 Å². The molecular formula is C14H18N2O. The minimum Gasteiger partial charge on any atom is -0.504 e. The van der Waals surface area contributed by atoms with Crippen LogP contribution in [0, 0.1) is 12.8 Å². The summed E-state index contributed by atoms with van der Waals surface area (Å²) in [4.78, 5) is 0. The Kier molecular flexibility index (Phi) is 3.18. The first-order valence-electron chi connectivity index (χ1n) is 5.91. The van der Waals surface area contributed by atoms with Gasteiger partial charge in [-0.1, -0.05) is 26.0 Å². The highest BCUT2D eigenvalue weighted by Crippen LogP contribution is 2.21. The maximum atomic E-state index is 9.83. The zero-order valence-electron chi connectivity index (χ0n) is 10.5. The molecule has 0 saturated heterocycles. The van der Waals surface area contributed by atoms with Gasteiger partial charge >= 0.3 is 0 Å². The Bertz CT molecular complexity index is 515. The van der Waals surface area contributed by atoms with Gasteiger partial charge in [0, 0.05) is 0 Å². The van der Waals surface area contributed by atoms with Gasteiger partial charge in [-0.05, 0) is 37.0 Å². The van der Waals surface area contributed by atoms with Crippen LogP contribution >= 0.6 is 0 Å². The van der Waals surface area contributed by atoms with E-state index in [0.29, 0.717) is 5.92 Å². The summed E-state index contributed by atoms with van der Waals surface area (Å²) in [6, 6.07) is 8.07. The van der Waals surface area contributed by atoms with E-state index in [4.69, 9.17) is 0 Å². The molecule has 0 radical (unpaired) electrons. The van der Waals surface area contributed by atoms with E-state index >= 15 is 0 Å². The van der Waals surface area contributed by atoms with E-state index in [1.807, 2.05) is 31.2 Å². The molecule has 1 N–H and O–H groups in total. The van der Waals surface area contributed by atoms with Crippen LogP contribution in [0.1, 0.15) is 25.1 Å². The average Bonchev–Trinajstić information content (AvgIpc) is 2.59. The Morgan fingerprint density at radius 2 is 2.12 bits per heavy atom. The molecule has 0 aliphatic heterocycles. The number of nitrogens with zero attached hydrogens (tertiary/aromatic N) is 2.